The number of urea groups is 1. The van der Waals surface area contributed by atoms with Crippen molar-refractivity contribution in [1.82, 2.24) is 24.9 Å². The predicted molar refractivity (Wildman–Crippen MR) is 135 cm³/mol. The van der Waals surface area contributed by atoms with Gasteiger partial charge in [0.2, 0.25) is 0 Å². The lowest BCUT2D eigenvalue weighted by molar-refractivity contribution is 0.208. The number of hydrogen-bond acceptors (Lipinski definition) is 5. The second-order valence-corrected chi connectivity index (χ2v) is 8.95. The first-order valence-electron chi connectivity index (χ1n) is 11.6. The molecule has 8 nitrogen and oxygen atoms in total. The van der Waals surface area contributed by atoms with Crippen LogP contribution in [0.3, 0.4) is 0 Å². The summed E-state index contributed by atoms with van der Waals surface area (Å²) < 4.78 is 1.96. The molecule has 1 aliphatic heterocycles. The molecule has 2 amide bonds. The zero-order valence-corrected chi connectivity index (χ0v) is 20.0. The number of aryl methyl sites for hydroxylation is 4. The van der Waals surface area contributed by atoms with E-state index in [-0.39, 0.29) is 6.03 Å². The summed E-state index contributed by atoms with van der Waals surface area (Å²) in [6.07, 6.45) is 0. The third-order valence-electron chi connectivity index (χ3n) is 6.32. The molecule has 1 saturated heterocycles. The molecule has 3 heterocycles. The van der Waals surface area contributed by atoms with Crippen LogP contribution in [-0.4, -0.2) is 57.1 Å². The molecule has 0 spiro atoms. The Morgan fingerprint density at radius 3 is 2.24 bits per heavy atom. The maximum atomic E-state index is 12.8. The number of aromatic nitrogens is 4. The van der Waals surface area contributed by atoms with Crippen molar-refractivity contribution < 1.29 is 4.79 Å². The van der Waals surface area contributed by atoms with Gasteiger partial charge in [0, 0.05) is 31.9 Å². The highest BCUT2D eigenvalue weighted by Gasteiger charge is 2.26. The molecule has 2 aromatic heterocycles. The van der Waals surface area contributed by atoms with Crippen molar-refractivity contribution in [3.05, 3.63) is 71.0 Å². The summed E-state index contributed by atoms with van der Waals surface area (Å²) in [6.45, 7) is 10.7. The van der Waals surface area contributed by atoms with Gasteiger partial charge >= 0.3 is 6.03 Å². The molecule has 8 heteroatoms. The van der Waals surface area contributed by atoms with Crippen LogP contribution in [0.1, 0.15) is 22.5 Å². The first-order valence-corrected chi connectivity index (χ1v) is 11.6. The van der Waals surface area contributed by atoms with Crippen LogP contribution in [-0.2, 0) is 0 Å². The average Bonchev–Trinajstić information content (AvgIpc) is 3.17. The van der Waals surface area contributed by atoms with Gasteiger partial charge in [-0.2, -0.15) is 10.2 Å². The van der Waals surface area contributed by atoms with Crippen molar-refractivity contribution in [2.24, 2.45) is 0 Å². The maximum Gasteiger partial charge on any atom is 0.321 e. The highest BCUT2D eigenvalue weighted by molar-refractivity contribution is 5.93. The van der Waals surface area contributed by atoms with Crippen molar-refractivity contribution >= 4 is 28.4 Å². The number of rotatable bonds is 3. The number of hydrogen-bond donors (Lipinski definition) is 1. The lowest BCUT2D eigenvalue weighted by Gasteiger charge is -2.35. The summed E-state index contributed by atoms with van der Waals surface area (Å²) in [4.78, 5) is 16.9. The molecular formula is C26H29N7O. The Hall–Kier alpha value is -3.94. The largest absolute Gasteiger partial charge is 0.350 e. The molecule has 0 unspecified atom stereocenters. The van der Waals surface area contributed by atoms with Crippen LogP contribution in [0.4, 0.5) is 16.3 Å². The molecule has 1 aliphatic rings. The number of para-hydroxylation sites is 1. The molecule has 0 radical (unpaired) electrons. The van der Waals surface area contributed by atoms with Crippen molar-refractivity contribution in [3.8, 4) is 5.69 Å². The van der Waals surface area contributed by atoms with E-state index < -0.39 is 0 Å². The van der Waals surface area contributed by atoms with Crippen molar-refractivity contribution in [2.45, 2.75) is 27.7 Å². The number of nitrogens with one attached hydrogen (secondary N) is 1. The van der Waals surface area contributed by atoms with Crippen molar-refractivity contribution in [3.63, 3.8) is 0 Å². The van der Waals surface area contributed by atoms with E-state index >= 15 is 0 Å². The van der Waals surface area contributed by atoms with Crippen LogP contribution >= 0.6 is 0 Å². The Bertz CT molecular complexity index is 1330. The van der Waals surface area contributed by atoms with Gasteiger partial charge in [0.15, 0.2) is 5.82 Å². The van der Waals surface area contributed by atoms with E-state index in [9.17, 15) is 4.79 Å². The van der Waals surface area contributed by atoms with E-state index in [0.717, 1.165) is 50.6 Å². The number of anilines is 2. The first-order chi connectivity index (χ1) is 16.4. The second kappa shape index (κ2) is 8.78. The smallest absolute Gasteiger partial charge is 0.321 e. The highest BCUT2D eigenvalue weighted by atomic mass is 16.2. The first kappa shape index (κ1) is 21.9. The third-order valence-corrected chi connectivity index (χ3v) is 6.32. The topological polar surface area (TPSA) is 79.2 Å². The minimum Gasteiger partial charge on any atom is -0.350 e. The fourth-order valence-corrected chi connectivity index (χ4v) is 4.72. The number of piperazine rings is 1. The summed E-state index contributed by atoms with van der Waals surface area (Å²) in [7, 11) is 0. The Morgan fingerprint density at radius 2 is 1.56 bits per heavy atom. The van der Waals surface area contributed by atoms with Gasteiger partial charge in [0.25, 0.3) is 0 Å². The molecule has 0 atom stereocenters. The molecule has 4 aromatic rings. The van der Waals surface area contributed by atoms with Crippen LogP contribution < -0.4 is 10.2 Å². The Kier molecular flexibility index (Phi) is 5.65. The summed E-state index contributed by atoms with van der Waals surface area (Å²) in [5.41, 5.74) is 6.86. The maximum absolute atomic E-state index is 12.8. The Morgan fingerprint density at radius 1 is 0.882 bits per heavy atom. The van der Waals surface area contributed by atoms with E-state index in [1.54, 1.807) is 0 Å². The fraction of sp³-hybridized carbons (Fsp3) is 0.308. The average molecular weight is 456 g/mol. The van der Waals surface area contributed by atoms with E-state index in [2.05, 4.69) is 33.4 Å². The molecule has 0 saturated carbocycles. The summed E-state index contributed by atoms with van der Waals surface area (Å²) in [5.74, 6) is 0.771. The van der Waals surface area contributed by atoms with E-state index in [4.69, 9.17) is 5.10 Å². The zero-order valence-electron chi connectivity index (χ0n) is 20.0. The van der Waals surface area contributed by atoms with Gasteiger partial charge in [-0.25, -0.2) is 9.48 Å². The third kappa shape index (κ3) is 4.07. The van der Waals surface area contributed by atoms with Crippen LogP contribution in [0.5, 0.6) is 0 Å². The van der Waals surface area contributed by atoms with Gasteiger partial charge in [-0.05, 0) is 63.1 Å². The fourth-order valence-electron chi connectivity index (χ4n) is 4.72. The summed E-state index contributed by atoms with van der Waals surface area (Å²) in [5, 5.41) is 17.9. The number of carbonyl (C=O) groups is 1. The van der Waals surface area contributed by atoms with Crippen LogP contribution in [0.15, 0.2) is 48.5 Å². The molecule has 34 heavy (non-hydrogen) atoms. The summed E-state index contributed by atoms with van der Waals surface area (Å²) >= 11 is 0. The normalized spacial score (nSPS) is 14.0. The van der Waals surface area contributed by atoms with Crippen molar-refractivity contribution in [1.29, 1.82) is 0 Å². The van der Waals surface area contributed by atoms with Crippen molar-refractivity contribution in [2.75, 3.05) is 36.4 Å². The van der Waals surface area contributed by atoms with Gasteiger partial charge in [-0.15, -0.1) is 5.10 Å². The highest BCUT2D eigenvalue weighted by Crippen LogP contribution is 2.29. The molecule has 1 fully saturated rings. The molecule has 1 N–H and O–H groups in total. The SMILES string of the molecule is Cc1cc(C)cc(NC(=O)N2CCN(c3nnc(C)c4c(C)n(-c5ccccc5)nc34)CC2)c1. The number of carbonyl (C=O) groups excluding carboxylic acids is 1. The number of fused-ring (bicyclic) bond motifs is 1. The minimum absolute atomic E-state index is 0.0750. The molecule has 2 aromatic carbocycles. The molecule has 0 bridgehead atoms. The van der Waals surface area contributed by atoms with Crippen LogP contribution in [0, 0.1) is 27.7 Å². The zero-order chi connectivity index (χ0) is 23.8. The van der Waals surface area contributed by atoms with Crippen LogP contribution in [0.25, 0.3) is 16.6 Å². The minimum atomic E-state index is -0.0750. The van der Waals surface area contributed by atoms with E-state index in [0.29, 0.717) is 26.2 Å². The van der Waals surface area contributed by atoms with E-state index in [1.165, 1.54) is 0 Å². The van der Waals surface area contributed by atoms with Gasteiger partial charge < -0.3 is 15.1 Å². The van der Waals surface area contributed by atoms with Gasteiger partial charge in [0.05, 0.1) is 22.5 Å². The lowest BCUT2D eigenvalue weighted by atomic mass is 10.1. The molecular weight excluding hydrogens is 426 g/mol. The number of amides is 2. The van der Waals surface area contributed by atoms with Crippen LogP contribution in [0.2, 0.25) is 0 Å². The lowest BCUT2D eigenvalue weighted by Crippen LogP contribution is -2.50. The second-order valence-electron chi connectivity index (χ2n) is 8.95. The molecule has 174 valence electrons. The molecule has 5 rings (SSSR count). The van der Waals surface area contributed by atoms with Gasteiger partial charge in [-0.3, -0.25) is 0 Å². The summed E-state index contributed by atoms with van der Waals surface area (Å²) in [6, 6.07) is 16.1. The Balaban J connectivity index is 1.36. The van der Waals surface area contributed by atoms with Gasteiger partial charge in [-0.1, -0.05) is 24.3 Å². The standard InChI is InChI=1S/C26H29N7O/c1-17-14-18(2)16-21(15-17)27-26(34)32-12-10-31(11-13-32)25-24-23(19(3)28-29-25)20(4)33(30-24)22-8-6-5-7-9-22/h5-9,14-16H,10-13H2,1-4H3,(H,27,34). The number of benzene rings is 2. The quantitative estimate of drug-likeness (QED) is 0.495. The predicted octanol–water partition coefficient (Wildman–Crippen LogP) is 4.40. The van der Waals surface area contributed by atoms with Gasteiger partial charge in [0.1, 0.15) is 5.52 Å². The van der Waals surface area contributed by atoms with E-state index in [1.807, 2.05) is 72.8 Å². The number of nitrogens with zero attached hydrogens (tertiary/aromatic N) is 6. The molecule has 0 aliphatic carbocycles. The monoisotopic (exact) mass is 455 g/mol. The Labute approximate surface area is 199 Å².